The molecule has 1 aromatic carbocycles. The van der Waals surface area contributed by atoms with Gasteiger partial charge in [-0.1, -0.05) is 49.9 Å². The van der Waals surface area contributed by atoms with Gasteiger partial charge in [-0.2, -0.15) is 0 Å². The summed E-state index contributed by atoms with van der Waals surface area (Å²) in [6, 6.07) is 8.76. The van der Waals surface area contributed by atoms with Gasteiger partial charge in [0, 0.05) is 24.2 Å². The van der Waals surface area contributed by atoms with Crippen LogP contribution in [0.25, 0.3) is 0 Å². The molecule has 2 rings (SSSR count). The number of hydrogen-bond acceptors (Lipinski definition) is 2. The van der Waals surface area contributed by atoms with Crippen LogP contribution in [-0.2, 0) is 0 Å². The van der Waals surface area contributed by atoms with Gasteiger partial charge in [0.1, 0.15) is 0 Å². The number of likely N-dealkylation sites (tertiary alicyclic amines) is 1. The van der Waals surface area contributed by atoms with Gasteiger partial charge in [0.25, 0.3) is 0 Å². The molecule has 0 aromatic heterocycles. The van der Waals surface area contributed by atoms with Crippen LogP contribution in [0.15, 0.2) is 24.3 Å². The molecule has 0 radical (unpaired) electrons. The Bertz CT molecular complexity index is 383. The van der Waals surface area contributed by atoms with E-state index in [0.29, 0.717) is 6.04 Å². The number of rotatable bonds is 7. The summed E-state index contributed by atoms with van der Waals surface area (Å²) in [6.07, 6.45) is 7.94. The van der Waals surface area contributed by atoms with Crippen molar-refractivity contribution in [1.82, 2.24) is 10.2 Å². The summed E-state index contributed by atoms with van der Waals surface area (Å²) >= 11 is 5.99. The van der Waals surface area contributed by atoms with E-state index in [-0.39, 0.29) is 0 Å². The van der Waals surface area contributed by atoms with Crippen LogP contribution < -0.4 is 5.32 Å². The number of nitrogens with zero attached hydrogens (tertiary/aromatic N) is 1. The summed E-state index contributed by atoms with van der Waals surface area (Å²) in [5.41, 5.74) is 1.36. The maximum Gasteiger partial charge on any atom is 0.0406 e. The third kappa shape index (κ3) is 5.98. The Kier molecular flexibility index (Phi) is 7.56. The zero-order chi connectivity index (χ0) is 14.9. The van der Waals surface area contributed by atoms with Gasteiger partial charge in [-0.3, -0.25) is 0 Å². The second-order valence-electron chi connectivity index (χ2n) is 6.10. The molecule has 21 heavy (non-hydrogen) atoms. The Hall–Kier alpha value is -0.570. The second kappa shape index (κ2) is 9.45. The fourth-order valence-electron chi connectivity index (χ4n) is 3.13. The molecule has 1 aromatic rings. The van der Waals surface area contributed by atoms with Crippen molar-refractivity contribution in [2.75, 3.05) is 26.2 Å². The highest BCUT2D eigenvalue weighted by atomic mass is 35.5. The highest BCUT2D eigenvalue weighted by Crippen LogP contribution is 2.20. The molecule has 2 nitrogen and oxygen atoms in total. The monoisotopic (exact) mass is 308 g/mol. The lowest BCUT2D eigenvalue weighted by Crippen LogP contribution is -2.34. The van der Waals surface area contributed by atoms with Crippen molar-refractivity contribution in [1.29, 1.82) is 0 Å². The molecular formula is C18H29ClN2. The molecule has 118 valence electrons. The Morgan fingerprint density at radius 1 is 1.10 bits per heavy atom. The van der Waals surface area contributed by atoms with Gasteiger partial charge < -0.3 is 10.2 Å². The molecule has 1 N–H and O–H groups in total. The Balaban J connectivity index is 1.80. The van der Waals surface area contributed by atoms with E-state index in [1.807, 2.05) is 12.1 Å². The number of hydrogen-bond donors (Lipinski definition) is 1. The van der Waals surface area contributed by atoms with Gasteiger partial charge in [-0.15, -0.1) is 0 Å². The second-order valence-corrected chi connectivity index (χ2v) is 6.54. The van der Waals surface area contributed by atoms with Crippen molar-refractivity contribution < 1.29 is 0 Å². The maximum atomic E-state index is 5.99. The summed E-state index contributed by atoms with van der Waals surface area (Å²) in [5.74, 6) is 0. The summed E-state index contributed by atoms with van der Waals surface area (Å²) in [6.45, 7) is 7.06. The molecule has 1 aliphatic rings. The Morgan fingerprint density at radius 3 is 2.38 bits per heavy atom. The quantitative estimate of drug-likeness (QED) is 0.789. The molecule has 1 saturated heterocycles. The third-order valence-electron chi connectivity index (χ3n) is 4.37. The van der Waals surface area contributed by atoms with Crippen molar-refractivity contribution in [2.24, 2.45) is 0 Å². The topological polar surface area (TPSA) is 15.3 Å². The first-order valence-corrected chi connectivity index (χ1v) is 8.88. The smallest absolute Gasteiger partial charge is 0.0406 e. The lowest BCUT2D eigenvalue weighted by atomic mass is 10.0. The SMILES string of the molecule is CCCC(NCCN1CCCCCC1)c1ccc(Cl)cc1. The Labute approximate surface area is 134 Å². The molecule has 1 fully saturated rings. The van der Waals surface area contributed by atoms with Crippen LogP contribution in [0.4, 0.5) is 0 Å². The minimum atomic E-state index is 0.458. The lowest BCUT2D eigenvalue weighted by Gasteiger charge is -2.23. The molecule has 1 heterocycles. The summed E-state index contributed by atoms with van der Waals surface area (Å²) in [5, 5.41) is 4.56. The highest BCUT2D eigenvalue weighted by Gasteiger charge is 2.12. The van der Waals surface area contributed by atoms with Gasteiger partial charge in [0.2, 0.25) is 0 Å². The minimum Gasteiger partial charge on any atom is -0.309 e. The molecule has 0 aliphatic carbocycles. The summed E-state index contributed by atoms with van der Waals surface area (Å²) in [4.78, 5) is 2.62. The van der Waals surface area contributed by atoms with E-state index in [1.165, 1.54) is 63.7 Å². The van der Waals surface area contributed by atoms with E-state index in [9.17, 15) is 0 Å². The fourth-order valence-corrected chi connectivity index (χ4v) is 3.25. The number of nitrogens with one attached hydrogen (secondary N) is 1. The number of benzene rings is 1. The largest absolute Gasteiger partial charge is 0.309 e. The van der Waals surface area contributed by atoms with Gasteiger partial charge in [-0.25, -0.2) is 0 Å². The molecule has 3 heteroatoms. The van der Waals surface area contributed by atoms with Gasteiger partial charge in [0.05, 0.1) is 0 Å². The molecular weight excluding hydrogens is 280 g/mol. The van der Waals surface area contributed by atoms with Crippen molar-refractivity contribution in [3.8, 4) is 0 Å². The maximum absolute atomic E-state index is 5.99. The van der Waals surface area contributed by atoms with E-state index in [2.05, 4.69) is 29.3 Å². The van der Waals surface area contributed by atoms with Crippen LogP contribution in [0, 0.1) is 0 Å². The summed E-state index contributed by atoms with van der Waals surface area (Å²) in [7, 11) is 0. The fraction of sp³-hybridized carbons (Fsp3) is 0.667. The van der Waals surface area contributed by atoms with Crippen molar-refractivity contribution in [2.45, 2.75) is 51.5 Å². The molecule has 1 atom stereocenters. The van der Waals surface area contributed by atoms with E-state index in [4.69, 9.17) is 11.6 Å². The molecule has 0 bridgehead atoms. The van der Waals surface area contributed by atoms with Crippen LogP contribution >= 0.6 is 11.6 Å². The first kappa shape index (κ1) is 16.8. The van der Waals surface area contributed by atoms with Crippen LogP contribution in [0.2, 0.25) is 5.02 Å². The average molecular weight is 309 g/mol. The van der Waals surface area contributed by atoms with Crippen LogP contribution in [0.3, 0.4) is 0 Å². The highest BCUT2D eigenvalue weighted by molar-refractivity contribution is 6.30. The molecule has 0 spiro atoms. The van der Waals surface area contributed by atoms with Gasteiger partial charge in [0.15, 0.2) is 0 Å². The van der Waals surface area contributed by atoms with Crippen LogP contribution in [0.1, 0.15) is 57.1 Å². The molecule has 1 aliphatic heterocycles. The zero-order valence-corrected chi connectivity index (χ0v) is 14.0. The predicted molar refractivity (Wildman–Crippen MR) is 92.0 cm³/mol. The van der Waals surface area contributed by atoms with Crippen molar-refractivity contribution >= 4 is 11.6 Å². The van der Waals surface area contributed by atoms with Crippen LogP contribution in [-0.4, -0.2) is 31.1 Å². The van der Waals surface area contributed by atoms with E-state index in [0.717, 1.165) is 11.6 Å². The van der Waals surface area contributed by atoms with E-state index in [1.54, 1.807) is 0 Å². The average Bonchev–Trinajstić information content (AvgIpc) is 2.76. The van der Waals surface area contributed by atoms with Crippen molar-refractivity contribution in [3.63, 3.8) is 0 Å². The number of halogens is 1. The summed E-state index contributed by atoms with van der Waals surface area (Å²) < 4.78 is 0. The lowest BCUT2D eigenvalue weighted by molar-refractivity contribution is 0.278. The normalized spacial score (nSPS) is 18.4. The van der Waals surface area contributed by atoms with Gasteiger partial charge >= 0.3 is 0 Å². The molecule has 0 amide bonds. The minimum absolute atomic E-state index is 0.458. The van der Waals surface area contributed by atoms with E-state index >= 15 is 0 Å². The Morgan fingerprint density at radius 2 is 1.76 bits per heavy atom. The van der Waals surface area contributed by atoms with Crippen LogP contribution in [0.5, 0.6) is 0 Å². The first-order valence-electron chi connectivity index (χ1n) is 8.51. The molecule has 1 unspecified atom stereocenters. The van der Waals surface area contributed by atoms with Gasteiger partial charge in [-0.05, 0) is 50.0 Å². The predicted octanol–water partition coefficient (Wildman–Crippen LogP) is 4.65. The van der Waals surface area contributed by atoms with E-state index < -0.39 is 0 Å². The molecule has 0 saturated carbocycles. The first-order chi connectivity index (χ1) is 10.3. The zero-order valence-electron chi connectivity index (χ0n) is 13.3. The third-order valence-corrected chi connectivity index (χ3v) is 4.62. The van der Waals surface area contributed by atoms with Crippen molar-refractivity contribution in [3.05, 3.63) is 34.9 Å². The standard InChI is InChI=1S/C18H29ClN2/c1-2-7-18(16-8-10-17(19)11-9-16)20-12-15-21-13-5-3-4-6-14-21/h8-11,18,20H,2-7,12-15H2,1H3.